The Morgan fingerprint density at radius 2 is 1.88 bits per heavy atom. The first-order chi connectivity index (χ1) is 12.2. The van der Waals surface area contributed by atoms with Crippen LogP contribution in [0.2, 0.25) is 0 Å². The summed E-state index contributed by atoms with van der Waals surface area (Å²) >= 11 is 0. The van der Waals surface area contributed by atoms with Gasteiger partial charge < -0.3 is 5.32 Å². The van der Waals surface area contributed by atoms with Crippen molar-refractivity contribution in [3.05, 3.63) is 53.0 Å². The van der Waals surface area contributed by atoms with E-state index in [1.54, 1.807) is 0 Å². The molecule has 1 N–H and O–H groups in total. The summed E-state index contributed by atoms with van der Waals surface area (Å²) < 4.78 is 0. The van der Waals surface area contributed by atoms with E-state index < -0.39 is 0 Å². The van der Waals surface area contributed by atoms with Crippen molar-refractivity contribution >= 4 is 5.82 Å². The summed E-state index contributed by atoms with van der Waals surface area (Å²) in [5, 5.41) is 3.63. The van der Waals surface area contributed by atoms with Crippen molar-refractivity contribution in [1.82, 2.24) is 14.9 Å². The van der Waals surface area contributed by atoms with Crippen molar-refractivity contribution in [3.63, 3.8) is 0 Å². The summed E-state index contributed by atoms with van der Waals surface area (Å²) in [7, 11) is 0. The second kappa shape index (κ2) is 7.12. The standard InChI is InChI=1S/C21H28N4/c1-15-3-4-16(2)18(13-15)14-25-11-8-19(9-12-25)23-20-7-10-22-21(24-20)17-5-6-17/h3-4,7,10,13,17,19H,5-6,8-9,11-12,14H2,1-2H3,(H,22,23,24). The van der Waals surface area contributed by atoms with Gasteiger partial charge in [0.25, 0.3) is 0 Å². The van der Waals surface area contributed by atoms with Crippen LogP contribution >= 0.6 is 0 Å². The van der Waals surface area contributed by atoms with Crippen molar-refractivity contribution < 1.29 is 0 Å². The Hall–Kier alpha value is -1.94. The number of nitrogens with zero attached hydrogens (tertiary/aromatic N) is 3. The molecule has 132 valence electrons. The van der Waals surface area contributed by atoms with Crippen LogP contribution in [0, 0.1) is 13.8 Å². The number of rotatable bonds is 5. The minimum atomic E-state index is 0.525. The first-order valence-corrected chi connectivity index (χ1v) is 9.55. The predicted octanol–water partition coefficient (Wildman–Crippen LogP) is 4.05. The van der Waals surface area contributed by atoms with Crippen molar-refractivity contribution in [2.24, 2.45) is 0 Å². The number of anilines is 1. The number of hydrogen-bond acceptors (Lipinski definition) is 4. The summed E-state index contributed by atoms with van der Waals surface area (Å²) in [6.45, 7) is 7.75. The monoisotopic (exact) mass is 336 g/mol. The highest BCUT2D eigenvalue weighted by Crippen LogP contribution is 2.38. The third kappa shape index (κ3) is 4.18. The maximum absolute atomic E-state index is 4.70. The third-order valence-corrected chi connectivity index (χ3v) is 5.45. The Morgan fingerprint density at radius 3 is 2.64 bits per heavy atom. The molecule has 1 aliphatic carbocycles. The SMILES string of the molecule is Cc1ccc(C)c(CN2CCC(Nc3ccnc(C4CC4)n3)CC2)c1. The second-order valence-electron chi connectivity index (χ2n) is 7.70. The Bertz CT molecular complexity index is 730. The predicted molar refractivity (Wildman–Crippen MR) is 102 cm³/mol. The van der Waals surface area contributed by atoms with Crippen LogP contribution in [0.4, 0.5) is 5.82 Å². The molecule has 4 rings (SSSR count). The zero-order valence-corrected chi connectivity index (χ0v) is 15.3. The van der Waals surface area contributed by atoms with Crippen molar-refractivity contribution in [3.8, 4) is 0 Å². The van der Waals surface area contributed by atoms with Gasteiger partial charge in [-0.2, -0.15) is 0 Å². The molecule has 4 nitrogen and oxygen atoms in total. The molecule has 0 unspecified atom stereocenters. The largest absolute Gasteiger partial charge is 0.367 e. The molecule has 0 amide bonds. The maximum Gasteiger partial charge on any atom is 0.133 e. The molecule has 2 aliphatic rings. The topological polar surface area (TPSA) is 41.0 Å². The summed E-state index contributed by atoms with van der Waals surface area (Å²) in [5.74, 6) is 2.64. The van der Waals surface area contributed by atoms with Crippen LogP contribution in [0.15, 0.2) is 30.5 Å². The van der Waals surface area contributed by atoms with Gasteiger partial charge in [0.1, 0.15) is 11.6 Å². The van der Waals surface area contributed by atoms with Crippen LogP contribution in [-0.2, 0) is 6.54 Å². The molecule has 0 atom stereocenters. The fourth-order valence-electron chi connectivity index (χ4n) is 3.65. The number of piperidine rings is 1. The lowest BCUT2D eigenvalue weighted by Gasteiger charge is -2.33. The lowest BCUT2D eigenvalue weighted by molar-refractivity contribution is 0.211. The summed E-state index contributed by atoms with van der Waals surface area (Å²) in [5.41, 5.74) is 4.23. The van der Waals surface area contributed by atoms with Gasteiger partial charge in [0.2, 0.25) is 0 Å². The quantitative estimate of drug-likeness (QED) is 0.894. The molecule has 2 fully saturated rings. The zero-order chi connectivity index (χ0) is 17.2. The molecule has 1 saturated carbocycles. The van der Waals surface area contributed by atoms with Gasteiger partial charge in [0.15, 0.2) is 0 Å². The highest BCUT2D eigenvalue weighted by molar-refractivity contribution is 5.35. The van der Waals surface area contributed by atoms with E-state index in [2.05, 4.69) is 47.2 Å². The highest BCUT2D eigenvalue weighted by atomic mass is 15.1. The minimum absolute atomic E-state index is 0.525. The van der Waals surface area contributed by atoms with E-state index in [1.165, 1.54) is 42.4 Å². The smallest absolute Gasteiger partial charge is 0.133 e. The molecule has 1 aliphatic heterocycles. The van der Waals surface area contributed by atoms with Gasteiger partial charge in [-0.05, 0) is 56.7 Å². The van der Waals surface area contributed by atoms with Gasteiger partial charge in [-0.15, -0.1) is 0 Å². The first-order valence-electron chi connectivity index (χ1n) is 9.55. The zero-order valence-electron chi connectivity index (χ0n) is 15.3. The number of benzene rings is 1. The molecule has 1 aromatic heterocycles. The third-order valence-electron chi connectivity index (χ3n) is 5.45. The van der Waals surface area contributed by atoms with Crippen LogP contribution in [0.25, 0.3) is 0 Å². The molecular weight excluding hydrogens is 308 g/mol. The molecule has 2 heterocycles. The van der Waals surface area contributed by atoms with E-state index in [0.717, 1.165) is 31.3 Å². The molecule has 0 radical (unpaired) electrons. The molecular formula is C21H28N4. The van der Waals surface area contributed by atoms with Gasteiger partial charge in [0.05, 0.1) is 0 Å². The molecule has 1 aromatic carbocycles. The number of aryl methyl sites for hydroxylation is 2. The number of hydrogen-bond donors (Lipinski definition) is 1. The van der Waals surface area contributed by atoms with Crippen LogP contribution < -0.4 is 5.32 Å². The van der Waals surface area contributed by atoms with Crippen LogP contribution in [0.1, 0.15) is 54.1 Å². The Morgan fingerprint density at radius 1 is 1.08 bits per heavy atom. The van der Waals surface area contributed by atoms with E-state index in [4.69, 9.17) is 4.98 Å². The van der Waals surface area contributed by atoms with Gasteiger partial charge in [0, 0.05) is 37.8 Å². The number of nitrogens with one attached hydrogen (secondary N) is 1. The Kier molecular flexibility index (Phi) is 4.71. The maximum atomic E-state index is 4.70. The Balaban J connectivity index is 1.31. The minimum Gasteiger partial charge on any atom is -0.367 e. The first kappa shape index (κ1) is 16.5. The normalized spacial score (nSPS) is 19.1. The van der Waals surface area contributed by atoms with E-state index in [0.29, 0.717) is 12.0 Å². The number of aromatic nitrogens is 2. The summed E-state index contributed by atoms with van der Waals surface area (Å²) in [6, 6.07) is 9.31. The van der Waals surface area contributed by atoms with E-state index in [1.807, 2.05) is 12.3 Å². The van der Waals surface area contributed by atoms with Crippen molar-refractivity contribution in [2.45, 2.75) is 58.0 Å². The van der Waals surface area contributed by atoms with Crippen LogP contribution in [0.3, 0.4) is 0 Å². The molecule has 25 heavy (non-hydrogen) atoms. The van der Waals surface area contributed by atoms with Gasteiger partial charge in [-0.1, -0.05) is 23.8 Å². The molecule has 2 aromatic rings. The van der Waals surface area contributed by atoms with Gasteiger partial charge >= 0.3 is 0 Å². The lowest BCUT2D eigenvalue weighted by Crippen LogP contribution is -2.39. The summed E-state index contributed by atoms with van der Waals surface area (Å²) in [4.78, 5) is 11.7. The second-order valence-corrected chi connectivity index (χ2v) is 7.70. The van der Waals surface area contributed by atoms with Crippen LogP contribution in [0.5, 0.6) is 0 Å². The lowest BCUT2D eigenvalue weighted by atomic mass is 10.0. The van der Waals surface area contributed by atoms with Gasteiger partial charge in [-0.3, -0.25) is 4.90 Å². The fraction of sp³-hybridized carbons (Fsp3) is 0.524. The van der Waals surface area contributed by atoms with E-state index in [-0.39, 0.29) is 0 Å². The molecule has 0 bridgehead atoms. The van der Waals surface area contributed by atoms with Crippen molar-refractivity contribution in [1.29, 1.82) is 0 Å². The van der Waals surface area contributed by atoms with E-state index in [9.17, 15) is 0 Å². The molecule has 1 saturated heterocycles. The Labute approximate surface area is 150 Å². The highest BCUT2D eigenvalue weighted by Gasteiger charge is 2.27. The average Bonchev–Trinajstić information content (AvgIpc) is 3.45. The van der Waals surface area contributed by atoms with Gasteiger partial charge in [-0.25, -0.2) is 9.97 Å². The summed E-state index contributed by atoms with van der Waals surface area (Å²) in [6.07, 6.45) is 6.75. The van der Waals surface area contributed by atoms with E-state index >= 15 is 0 Å². The van der Waals surface area contributed by atoms with Crippen molar-refractivity contribution in [2.75, 3.05) is 18.4 Å². The molecule has 0 spiro atoms. The molecule has 4 heteroatoms. The average molecular weight is 336 g/mol. The fourth-order valence-corrected chi connectivity index (χ4v) is 3.65. The number of likely N-dealkylation sites (tertiary alicyclic amines) is 1. The van der Waals surface area contributed by atoms with Crippen LogP contribution in [-0.4, -0.2) is 34.0 Å².